The van der Waals surface area contributed by atoms with Gasteiger partial charge in [-0.1, -0.05) is 0 Å². The number of hydrogen-bond acceptors (Lipinski definition) is 7. The number of hydrogen-bond donors (Lipinski definition) is 9. The molecule has 6 unspecified atom stereocenters. The first-order chi connectivity index (χ1) is 8.40. The Morgan fingerprint density at radius 3 is 2.11 bits per heavy atom. The molecular weight excluding hydrogens is 244 g/mol. The van der Waals surface area contributed by atoms with Crippen molar-refractivity contribution < 1.29 is 20.4 Å². The predicted molar refractivity (Wildman–Crippen MR) is 62.5 cm³/mol. The van der Waals surface area contributed by atoms with Crippen molar-refractivity contribution in [2.24, 2.45) is 16.7 Å². The summed E-state index contributed by atoms with van der Waals surface area (Å²) < 4.78 is 0. The second-order valence-corrected chi connectivity index (χ2v) is 4.02. The lowest BCUT2D eigenvalue weighted by molar-refractivity contribution is -0.144. The van der Waals surface area contributed by atoms with E-state index in [2.05, 4.69) is 15.7 Å². The molecule has 11 N–H and O–H groups in total. The van der Waals surface area contributed by atoms with Crippen LogP contribution in [0.2, 0.25) is 0 Å². The molecular formula is C8H18N6O4. The minimum Gasteiger partial charge on any atom is -0.389 e. The van der Waals surface area contributed by atoms with E-state index in [1.807, 2.05) is 0 Å². The standard InChI is InChI=1S/C8H18N6O4/c9-8(10)14-3-4(15)2(12-1-13-11)5(16)7(18)6(3)17/h1-7,15-18H,11H2,(H,12,13)(H4,9,10,14). The van der Waals surface area contributed by atoms with Crippen molar-refractivity contribution in [3.8, 4) is 0 Å². The summed E-state index contributed by atoms with van der Waals surface area (Å²) in [7, 11) is 0. The van der Waals surface area contributed by atoms with Gasteiger partial charge in [-0.2, -0.15) is 5.10 Å². The Balaban J connectivity index is 2.88. The molecule has 10 heteroatoms. The topological polar surface area (TPSA) is 193 Å². The van der Waals surface area contributed by atoms with Gasteiger partial charge in [-0.25, -0.2) is 0 Å². The van der Waals surface area contributed by atoms with E-state index in [-0.39, 0.29) is 0 Å². The van der Waals surface area contributed by atoms with E-state index in [1.54, 1.807) is 0 Å². The van der Waals surface area contributed by atoms with Gasteiger partial charge in [0.1, 0.15) is 24.7 Å². The van der Waals surface area contributed by atoms with Crippen LogP contribution in [0.15, 0.2) is 5.10 Å². The lowest BCUT2D eigenvalue weighted by Crippen LogP contribution is -2.71. The van der Waals surface area contributed by atoms with Gasteiger partial charge in [0.2, 0.25) is 0 Å². The average molecular weight is 262 g/mol. The third kappa shape index (κ3) is 2.79. The van der Waals surface area contributed by atoms with E-state index < -0.39 is 42.5 Å². The van der Waals surface area contributed by atoms with E-state index in [1.165, 1.54) is 0 Å². The Kier molecular flexibility index (Phi) is 4.67. The summed E-state index contributed by atoms with van der Waals surface area (Å²) >= 11 is 0. The van der Waals surface area contributed by atoms with E-state index in [0.717, 1.165) is 6.34 Å². The van der Waals surface area contributed by atoms with Crippen LogP contribution < -0.4 is 22.2 Å². The first-order valence-electron chi connectivity index (χ1n) is 5.20. The molecule has 0 saturated heterocycles. The van der Waals surface area contributed by atoms with Crippen LogP contribution >= 0.6 is 0 Å². The third-order valence-corrected chi connectivity index (χ3v) is 2.84. The van der Waals surface area contributed by atoms with Gasteiger partial charge in [0.25, 0.3) is 0 Å². The molecule has 1 aliphatic carbocycles. The second-order valence-electron chi connectivity index (χ2n) is 4.02. The van der Waals surface area contributed by atoms with Crippen LogP contribution in [0.1, 0.15) is 0 Å². The summed E-state index contributed by atoms with van der Waals surface area (Å²) in [6.07, 6.45) is -4.72. The fourth-order valence-corrected chi connectivity index (χ4v) is 1.93. The molecule has 0 heterocycles. The largest absolute Gasteiger partial charge is 0.389 e. The molecule has 6 atom stereocenters. The minimum atomic E-state index is -1.52. The number of aliphatic hydroxyl groups excluding tert-OH is 4. The fourth-order valence-electron chi connectivity index (χ4n) is 1.93. The van der Waals surface area contributed by atoms with E-state index in [0.29, 0.717) is 0 Å². The maximum absolute atomic E-state index is 9.95. The lowest BCUT2D eigenvalue weighted by Gasteiger charge is -2.44. The maximum atomic E-state index is 9.95. The summed E-state index contributed by atoms with van der Waals surface area (Å²) in [4.78, 5) is 0. The Bertz CT molecular complexity index is 327. The molecule has 0 radical (unpaired) electrons. The fraction of sp³-hybridized carbons (Fsp3) is 0.750. The highest BCUT2D eigenvalue weighted by atomic mass is 16.4. The molecule has 1 fully saturated rings. The van der Waals surface area contributed by atoms with Crippen molar-refractivity contribution in [2.45, 2.75) is 36.5 Å². The molecule has 0 spiro atoms. The van der Waals surface area contributed by atoms with Crippen LogP contribution in [0, 0.1) is 5.41 Å². The Morgan fingerprint density at radius 1 is 1.06 bits per heavy atom. The quantitative estimate of drug-likeness (QED) is 0.104. The lowest BCUT2D eigenvalue weighted by atomic mass is 9.81. The van der Waals surface area contributed by atoms with E-state index in [9.17, 15) is 20.4 Å². The van der Waals surface area contributed by atoms with E-state index in [4.69, 9.17) is 17.0 Å². The normalized spacial score (nSPS) is 40.7. The molecule has 18 heavy (non-hydrogen) atoms. The molecule has 0 amide bonds. The number of hydrazone groups is 1. The SMILES string of the molecule is N=C(N)NC1C(O)C(O)C(O)C(NC=NN)C1O. The monoisotopic (exact) mass is 262 g/mol. The molecule has 1 rings (SSSR count). The highest BCUT2D eigenvalue weighted by Gasteiger charge is 2.48. The number of guanidine groups is 1. The molecule has 0 aromatic rings. The highest BCUT2D eigenvalue weighted by Crippen LogP contribution is 2.21. The molecule has 0 aliphatic heterocycles. The number of nitrogens with zero attached hydrogens (tertiary/aromatic N) is 1. The van der Waals surface area contributed by atoms with Gasteiger partial charge in [0.05, 0.1) is 18.2 Å². The van der Waals surface area contributed by atoms with Gasteiger partial charge in [-0.3, -0.25) is 5.41 Å². The van der Waals surface area contributed by atoms with Crippen LogP contribution in [0.4, 0.5) is 0 Å². The number of aliphatic hydroxyl groups is 4. The van der Waals surface area contributed by atoms with Crippen LogP contribution in [0.25, 0.3) is 0 Å². The predicted octanol–water partition coefficient (Wildman–Crippen LogP) is -4.84. The van der Waals surface area contributed by atoms with Crippen molar-refractivity contribution in [2.75, 3.05) is 0 Å². The summed E-state index contributed by atoms with van der Waals surface area (Å²) in [5.74, 6) is 4.40. The minimum absolute atomic E-state index is 0.479. The van der Waals surface area contributed by atoms with Crippen LogP contribution in [-0.4, -0.2) is 69.2 Å². The number of rotatable bonds is 3. The Morgan fingerprint density at radius 2 is 1.61 bits per heavy atom. The van der Waals surface area contributed by atoms with Gasteiger partial charge < -0.3 is 42.6 Å². The molecule has 0 aromatic carbocycles. The summed E-state index contributed by atoms with van der Waals surface area (Å²) in [6.45, 7) is 0. The van der Waals surface area contributed by atoms with Gasteiger partial charge in [0.15, 0.2) is 5.96 Å². The smallest absolute Gasteiger partial charge is 0.186 e. The summed E-state index contributed by atoms with van der Waals surface area (Å²) in [6, 6.07) is -2.13. The van der Waals surface area contributed by atoms with Crippen molar-refractivity contribution in [1.82, 2.24) is 10.6 Å². The van der Waals surface area contributed by atoms with Crippen molar-refractivity contribution >= 4 is 12.3 Å². The van der Waals surface area contributed by atoms with Crippen molar-refractivity contribution in [1.29, 1.82) is 5.41 Å². The molecule has 1 aliphatic rings. The van der Waals surface area contributed by atoms with Crippen LogP contribution in [0.5, 0.6) is 0 Å². The molecule has 10 nitrogen and oxygen atoms in total. The van der Waals surface area contributed by atoms with Gasteiger partial charge in [-0.05, 0) is 0 Å². The van der Waals surface area contributed by atoms with Gasteiger partial charge >= 0.3 is 0 Å². The highest BCUT2D eigenvalue weighted by molar-refractivity contribution is 5.74. The van der Waals surface area contributed by atoms with Crippen LogP contribution in [-0.2, 0) is 0 Å². The first kappa shape index (κ1) is 14.4. The van der Waals surface area contributed by atoms with Crippen LogP contribution in [0.3, 0.4) is 0 Å². The zero-order valence-electron chi connectivity index (χ0n) is 9.43. The third-order valence-electron chi connectivity index (χ3n) is 2.84. The number of nitrogens with two attached hydrogens (primary N) is 2. The van der Waals surface area contributed by atoms with E-state index >= 15 is 0 Å². The zero-order chi connectivity index (χ0) is 13.9. The van der Waals surface area contributed by atoms with Gasteiger partial charge in [-0.15, -0.1) is 0 Å². The van der Waals surface area contributed by atoms with Gasteiger partial charge in [0, 0.05) is 0 Å². The molecule has 104 valence electrons. The Labute approximate surface area is 103 Å². The maximum Gasteiger partial charge on any atom is 0.186 e. The molecule has 0 aromatic heterocycles. The Hall–Kier alpha value is -1.62. The summed E-state index contributed by atoms with van der Waals surface area (Å²) in [5, 5.41) is 54.0. The zero-order valence-corrected chi connectivity index (χ0v) is 9.43. The van der Waals surface area contributed by atoms with Crippen molar-refractivity contribution in [3.05, 3.63) is 0 Å². The number of nitrogens with one attached hydrogen (secondary N) is 3. The second kappa shape index (κ2) is 5.82. The molecule has 1 saturated carbocycles. The molecule has 0 bridgehead atoms. The average Bonchev–Trinajstić information content (AvgIpc) is 2.32. The van der Waals surface area contributed by atoms with Crippen molar-refractivity contribution in [3.63, 3.8) is 0 Å². The summed E-state index contributed by atoms with van der Waals surface area (Å²) in [5.41, 5.74) is 5.11. The first-order valence-corrected chi connectivity index (χ1v) is 5.20.